The minimum absolute atomic E-state index is 0.221. The Kier molecular flexibility index (Phi) is 7.49. The van der Waals surface area contributed by atoms with Gasteiger partial charge in [-0.05, 0) is 36.3 Å². The maximum atomic E-state index is 6.05. The van der Waals surface area contributed by atoms with Crippen molar-refractivity contribution in [2.45, 2.75) is 18.4 Å². The predicted molar refractivity (Wildman–Crippen MR) is 112 cm³/mol. The van der Waals surface area contributed by atoms with Gasteiger partial charge in [-0.2, -0.15) is 11.8 Å². The van der Waals surface area contributed by atoms with Crippen LogP contribution in [0.15, 0.2) is 29.3 Å². The molecule has 1 atom stereocenters. The smallest absolute Gasteiger partial charge is 0.191 e. The van der Waals surface area contributed by atoms with E-state index in [2.05, 4.69) is 38.4 Å². The van der Waals surface area contributed by atoms with E-state index in [9.17, 15) is 0 Å². The van der Waals surface area contributed by atoms with Gasteiger partial charge in [0.2, 0.25) is 0 Å². The Morgan fingerprint density at radius 1 is 1.35 bits per heavy atom. The molecule has 2 aliphatic rings. The van der Waals surface area contributed by atoms with E-state index in [1.807, 2.05) is 25.2 Å². The molecule has 0 spiro atoms. The summed E-state index contributed by atoms with van der Waals surface area (Å²) < 4.78 is 5.54. The van der Waals surface area contributed by atoms with Crippen LogP contribution in [0.25, 0.3) is 0 Å². The third-order valence-electron chi connectivity index (χ3n) is 5.17. The van der Waals surface area contributed by atoms with Crippen molar-refractivity contribution in [3.8, 4) is 0 Å². The highest BCUT2D eigenvalue weighted by atomic mass is 35.5. The van der Waals surface area contributed by atoms with Crippen molar-refractivity contribution in [3.05, 3.63) is 34.9 Å². The SMILES string of the molecule is CN=C(NCCc1cccc(Cl)c1)NCC1(N2CCOCC2)CCSC1. The van der Waals surface area contributed by atoms with Gasteiger partial charge in [-0.15, -0.1) is 0 Å². The molecule has 7 heteroatoms. The van der Waals surface area contributed by atoms with Gasteiger partial charge < -0.3 is 15.4 Å². The first-order chi connectivity index (χ1) is 12.7. The molecule has 0 aromatic heterocycles. The van der Waals surface area contributed by atoms with Crippen LogP contribution in [0.5, 0.6) is 0 Å². The number of rotatable bonds is 6. The fourth-order valence-corrected chi connectivity index (χ4v) is 5.31. The van der Waals surface area contributed by atoms with Crippen LogP contribution in [-0.2, 0) is 11.2 Å². The van der Waals surface area contributed by atoms with E-state index in [0.29, 0.717) is 0 Å². The number of benzene rings is 1. The van der Waals surface area contributed by atoms with Gasteiger partial charge in [-0.25, -0.2) is 0 Å². The van der Waals surface area contributed by atoms with Crippen molar-refractivity contribution >= 4 is 29.3 Å². The highest BCUT2D eigenvalue weighted by molar-refractivity contribution is 7.99. The molecule has 2 aliphatic heterocycles. The Morgan fingerprint density at radius 3 is 2.88 bits per heavy atom. The number of halogens is 1. The lowest BCUT2D eigenvalue weighted by atomic mass is 9.95. The van der Waals surface area contributed by atoms with E-state index < -0.39 is 0 Å². The third kappa shape index (κ3) is 5.28. The Bertz CT molecular complexity index is 601. The Balaban J connectivity index is 1.49. The van der Waals surface area contributed by atoms with Gasteiger partial charge in [0.15, 0.2) is 5.96 Å². The maximum Gasteiger partial charge on any atom is 0.191 e. The number of aliphatic imine (C=N–C) groups is 1. The van der Waals surface area contributed by atoms with Crippen LogP contribution >= 0.6 is 23.4 Å². The predicted octanol–water partition coefficient (Wildman–Crippen LogP) is 2.26. The number of guanidine groups is 1. The van der Waals surface area contributed by atoms with E-state index in [-0.39, 0.29) is 5.54 Å². The van der Waals surface area contributed by atoms with Gasteiger partial charge in [0, 0.05) is 49.5 Å². The standard InChI is InChI=1S/C19H29ClN4OS/c1-21-18(22-7-5-16-3-2-4-17(20)13-16)23-14-19(6-12-26-15-19)24-8-10-25-11-9-24/h2-4,13H,5-12,14-15H2,1H3,(H2,21,22,23). The van der Waals surface area contributed by atoms with Gasteiger partial charge in [0.05, 0.1) is 13.2 Å². The molecule has 1 aromatic rings. The van der Waals surface area contributed by atoms with Gasteiger partial charge in [-0.3, -0.25) is 9.89 Å². The highest BCUT2D eigenvalue weighted by Crippen LogP contribution is 2.33. The lowest BCUT2D eigenvalue weighted by Crippen LogP contribution is -2.60. The molecule has 0 aliphatic carbocycles. The number of hydrogen-bond donors (Lipinski definition) is 2. The van der Waals surface area contributed by atoms with Crippen LogP contribution in [-0.4, -0.2) is 74.3 Å². The molecule has 1 aromatic carbocycles. The molecule has 1 unspecified atom stereocenters. The summed E-state index contributed by atoms with van der Waals surface area (Å²) in [6.45, 7) is 5.51. The van der Waals surface area contributed by atoms with Crippen LogP contribution in [0.3, 0.4) is 0 Å². The Labute approximate surface area is 165 Å². The molecule has 2 saturated heterocycles. The summed E-state index contributed by atoms with van der Waals surface area (Å²) in [6.07, 6.45) is 2.15. The van der Waals surface area contributed by atoms with Crippen LogP contribution < -0.4 is 10.6 Å². The largest absolute Gasteiger partial charge is 0.379 e. The second-order valence-electron chi connectivity index (χ2n) is 6.86. The van der Waals surface area contributed by atoms with Gasteiger partial charge in [-0.1, -0.05) is 23.7 Å². The molecular weight excluding hydrogens is 368 g/mol. The number of thioether (sulfide) groups is 1. The zero-order valence-corrected chi connectivity index (χ0v) is 17.0. The summed E-state index contributed by atoms with van der Waals surface area (Å²) in [5.74, 6) is 3.29. The summed E-state index contributed by atoms with van der Waals surface area (Å²) in [5.41, 5.74) is 1.45. The van der Waals surface area contributed by atoms with Crippen molar-refractivity contribution < 1.29 is 4.74 Å². The second-order valence-corrected chi connectivity index (χ2v) is 8.40. The zero-order chi connectivity index (χ0) is 18.2. The van der Waals surface area contributed by atoms with Crippen molar-refractivity contribution in [2.24, 2.45) is 4.99 Å². The lowest BCUT2D eigenvalue weighted by molar-refractivity contribution is -0.0120. The highest BCUT2D eigenvalue weighted by Gasteiger charge is 2.40. The third-order valence-corrected chi connectivity index (χ3v) is 6.64. The minimum atomic E-state index is 0.221. The van der Waals surface area contributed by atoms with E-state index >= 15 is 0 Å². The van der Waals surface area contributed by atoms with E-state index in [0.717, 1.165) is 56.8 Å². The van der Waals surface area contributed by atoms with Crippen LogP contribution in [0.4, 0.5) is 0 Å². The molecule has 26 heavy (non-hydrogen) atoms. The molecule has 0 amide bonds. The molecule has 0 saturated carbocycles. The first-order valence-electron chi connectivity index (χ1n) is 9.31. The van der Waals surface area contributed by atoms with Crippen molar-refractivity contribution in [2.75, 3.05) is 57.9 Å². The van der Waals surface area contributed by atoms with Gasteiger partial charge in [0.1, 0.15) is 0 Å². The second kappa shape index (κ2) is 9.83. The summed E-state index contributed by atoms with van der Waals surface area (Å²) >= 11 is 8.11. The van der Waals surface area contributed by atoms with E-state index in [1.165, 1.54) is 23.5 Å². The molecule has 0 radical (unpaired) electrons. The van der Waals surface area contributed by atoms with Crippen molar-refractivity contribution in [3.63, 3.8) is 0 Å². The van der Waals surface area contributed by atoms with Gasteiger partial charge in [0.25, 0.3) is 0 Å². The number of nitrogens with zero attached hydrogens (tertiary/aromatic N) is 2. The molecular formula is C19H29ClN4OS. The van der Waals surface area contributed by atoms with Crippen molar-refractivity contribution in [1.29, 1.82) is 0 Å². The van der Waals surface area contributed by atoms with Crippen LogP contribution in [0.2, 0.25) is 5.02 Å². The number of hydrogen-bond acceptors (Lipinski definition) is 4. The zero-order valence-electron chi connectivity index (χ0n) is 15.5. The average Bonchev–Trinajstić information content (AvgIpc) is 3.15. The number of morpholine rings is 1. The van der Waals surface area contributed by atoms with Crippen molar-refractivity contribution in [1.82, 2.24) is 15.5 Å². The van der Waals surface area contributed by atoms with Crippen LogP contribution in [0, 0.1) is 0 Å². The normalized spacial score (nSPS) is 24.6. The Morgan fingerprint density at radius 2 is 2.19 bits per heavy atom. The molecule has 5 nitrogen and oxygen atoms in total. The molecule has 0 bridgehead atoms. The fraction of sp³-hybridized carbons (Fsp3) is 0.632. The summed E-state index contributed by atoms with van der Waals surface area (Å²) in [4.78, 5) is 7.01. The van der Waals surface area contributed by atoms with Gasteiger partial charge >= 0.3 is 0 Å². The average molecular weight is 397 g/mol. The quantitative estimate of drug-likeness (QED) is 0.570. The molecule has 3 rings (SSSR count). The maximum absolute atomic E-state index is 6.05. The molecule has 2 N–H and O–H groups in total. The van der Waals surface area contributed by atoms with E-state index in [4.69, 9.17) is 16.3 Å². The van der Waals surface area contributed by atoms with E-state index in [1.54, 1.807) is 0 Å². The first kappa shape index (κ1) is 19.8. The minimum Gasteiger partial charge on any atom is -0.379 e. The molecule has 2 heterocycles. The lowest BCUT2D eigenvalue weighted by Gasteiger charge is -2.43. The first-order valence-corrected chi connectivity index (χ1v) is 10.8. The number of nitrogens with one attached hydrogen (secondary N) is 2. The number of ether oxygens (including phenoxy) is 1. The van der Waals surface area contributed by atoms with Crippen LogP contribution in [0.1, 0.15) is 12.0 Å². The Hall–Kier alpha value is -0.950. The molecule has 2 fully saturated rings. The summed E-state index contributed by atoms with van der Waals surface area (Å²) in [6, 6.07) is 8.02. The summed E-state index contributed by atoms with van der Waals surface area (Å²) in [7, 11) is 1.83. The summed E-state index contributed by atoms with van der Waals surface area (Å²) in [5, 5.41) is 7.78. The molecule has 144 valence electrons. The topological polar surface area (TPSA) is 48.9 Å². The fourth-order valence-electron chi connectivity index (χ4n) is 3.62. The monoisotopic (exact) mass is 396 g/mol.